The molecule has 142 valence electrons. The Balaban J connectivity index is 1.81. The number of hydrogen-bond acceptors (Lipinski definition) is 7. The van der Waals surface area contributed by atoms with E-state index in [2.05, 4.69) is 15.3 Å². The molecular formula is C16H18N6O4S. The molecule has 2 aromatic heterocycles. The van der Waals surface area contributed by atoms with Crippen LogP contribution in [0.15, 0.2) is 24.8 Å². The third kappa shape index (κ3) is 4.50. The molecule has 2 aromatic rings. The molecule has 0 bridgehead atoms. The Hall–Kier alpha value is -3.21. The highest BCUT2D eigenvalue weighted by molar-refractivity contribution is 7.20. The third-order valence-electron chi connectivity index (χ3n) is 4.00. The molecule has 0 saturated carbocycles. The number of nitrogens with zero attached hydrogens (tertiary/aromatic N) is 3. The van der Waals surface area contributed by atoms with Crippen molar-refractivity contribution >= 4 is 34.4 Å². The first kappa shape index (κ1) is 18.6. The van der Waals surface area contributed by atoms with Crippen molar-refractivity contribution in [3.8, 4) is 10.4 Å². The van der Waals surface area contributed by atoms with Crippen LogP contribution in [0, 0.1) is 0 Å². The first-order chi connectivity index (χ1) is 12.9. The van der Waals surface area contributed by atoms with Crippen LogP contribution in [0.1, 0.15) is 23.2 Å². The van der Waals surface area contributed by atoms with E-state index in [1.54, 1.807) is 18.5 Å². The van der Waals surface area contributed by atoms with Crippen molar-refractivity contribution in [2.75, 3.05) is 18.4 Å². The summed E-state index contributed by atoms with van der Waals surface area (Å²) in [4.78, 5) is 45.3. The van der Waals surface area contributed by atoms with E-state index in [1.807, 2.05) is 0 Å². The average Bonchev–Trinajstić information content (AvgIpc) is 3.06. The van der Waals surface area contributed by atoms with E-state index in [0.717, 1.165) is 11.3 Å². The van der Waals surface area contributed by atoms with Crippen LogP contribution in [-0.2, 0) is 4.74 Å². The largest absolute Gasteiger partial charge is 0.457 e. The van der Waals surface area contributed by atoms with E-state index in [0.29, 0.717) is 29.8 Å². The molecule has 1 saturated heterocycles. The zero-order valence-electron chi connectivity index (χ0n) is 14.3. The fourth-order valence-corrected chi connectivity index (χ4v) is 3.79. The van der Waals surface area contributed by atoms with Gasteiger partial charge in [-0.2, -0.15) is 0 Å². The van der Waals surface area contributed by atoms with Crippen molar-refractivity contribution < 1.29 is 19.1 Å². The van der Waals surface area contributed by atoms with Crippen molar-refractivity contribution in [3.63, 3.8) is 0 Å². The molecule has 0 radical (unpaired) electrons. The summed E-state index contributed by atoms with van der Waals surface area (Å²) >= 11 is 1.16. The molecule has 1 atom stereocenters. The number of ether oxygens (including phenoxy) is 1. The number of carbonyl (C=O) groups is 3. The average molecular weight is 390 g/mol. The van der Waals surface area contributed by atoms with Gasteiger partial charge in [0.25, 0.3) is 0 Å². The second kappa shape index (κ2) is 7.99. The molecule has 1 aliphatic rings. The number of carbonyl (C=O) groups excluding carboxylic acids is 3. The molecule has 1 fully saturated rings. The van der Waals surface area contributed by atoms with Gasteiger partial charge in [-0.25, -0.2) is 24.4 Å². The third-order valence-corrected chi connectivity index (χ3v) is 5.10. The fourth-order valence-electron chi connectivity index (χ4n) is 2.77. The summed E-state index contributed by atoms with van der Waals surface area (Å²) in [5, 5.41) is 2.71. The van der Waals surface area contributed by atoms with E-state index >= 15 is 0 Å². The lowest BCUT2D eigenvalue weighted by Crippen LogP contribution is -2.46. The van der Waals surface area contributed by atoms with Crippen molar-refractivity contribution in [1.82, 2.24) is 14.9 Å². The molecule has 0 spiro atoms. The zero-order chi connectivity index (χ0) is 19.4. The normalized spacial score (nSPS) is 16.6. The number of hydrogen-bond donors (Lipinski definition) is 3. The Bertz CT molecular complexity index is 856. The number of nitrogens with two attached hydrogens (primary N) is 2. The van der Waals surface area contributed by atoms with E-state index < -0.39 is 24.1 Å². The molecule has 1 aliphatic heterocycles. The number of urea groups is 2. The van der Waals surface area contributed by atoms with Gasteiger partial charge >= 0.3 is 18.0 Å². The van der Waals surface area contributed by atoms with Gasteiger partial charge in [0.1, 0.15) is 17.4 Å². The Kier molecular flexibility index (Phi) is 5.50. The monoisotopic (exact) mass is 390 g/mol. The summed E-state index contributed by atoms with van der Waals surface area (Å²) < 4.78 is 5.52. The predicted molar refractivity (Wildman–Crippen MR) is 98.1 cm³/mol. The highest BCUT2D eigenvalue weighted by Crippen LogP contribution is 2.35. The topological polar surface area (TPSA) is 154 Å². The number of rotatable bonds is 4. The lowest BCUT2D eigenvalue weighted by molar-refractivity contribution is 0.0129. The van der Waals surface area contributed by atoms with Crippen LogP contribution < -0.4 is 16.8 Å². The maximum absolute atomic E-state index is 12.7. The molecule has 3 rings (SSSR count). The van der Waals surface area contributed by atoms with Crippen molar-refractivity contribution in [2.24, 2.45) is 11.5 Å². The summed E-state index contributed by atoms with van der Waals surface area (Å²) in [6.07, 6.45) is 5.41. The van der Waals surface area contributed by atoms with Gasteiger partial charge in [-0.1, -0.05) is 0 Å². The minimum Gasteiger partial charge on any atom is -0.457 e. The number of likely N-dealkylation sites (tertiary alicyclic amines) is 1. The summed E-state index contributed by atoms with van der Waals surface area (Å²) in [6, 6.07) is 0.249. The second-order valence-corrected chi connectivity index (χ2v) is 6.98. The first-order valence-corrected chi connectivity index (χ1v) is 8.96. The first-order valence-electron chi connectivity index (χ1n) is 8.15. The maximum Gasteiger partial charge on any atom is 0.341 e. The number of nitrogens with one attached hydrogen (secondary N) is 1. The molecule has 5 N–H and O–H groups in total. The SMILES string of the molecule is NC(=O)Nc1sc(-c2cncnc2)cc1C(=O)OC1CCCN(C(N)=O)C1. The van der Waals surface area contributed by atoms with Gasteiger partial charge in [0.15, 0.2) is 0 Å². The quantitative estimate of drug-likeness (QED) is 0.671. The van der Waals surface area contributed by atoms with Crippen LogP contribution in [0.5, 0.6) is 0 Å². The summed E-state index contributed by atoms with van der Waals surface area (Å²) in [6.45, 7) is 0.775. The van der Waals surface area contributed by atoms with Gasteiger partial charge in [-0.05, 0) is 18.9 Å². The van der Waals surface area contributed by atoms with Gasteiger partial charge in [0.05, 0.1) is 12.1 Å². The number of thiophene rings is 1. The zero-order valence-corrected chi connectivity index (χ0v) is 15.1. The van der Waals surface area contributed by atoms with Gasteiger partial charge in [-0.3, -0.25) is 5.32 Å². The van der Waals surface area contributed by atoms with Crippen molar-refractivity contribution in [1.29, 1.82) is 0 Å². The van der Waals surface area contributed by atoms with Crippen molar-refractivity contribution in [2.45, 2.75) is 18.9 Å². The van der Waals surface area contributed by atoms with E-state index in [9.17, 15) is 14.4 Å². The Morgan fingerprint density at radius 1 is 1.26 bits per heavy atom. The summed E-state index contributed by atoms with van der Waals surface area (Å²) in [5.74, 6) is -0.616. The van der Waals surface area contributed by atoms with Gasteiger partial charge < -0.3 is 21.1 Å². The molecular weight excluding hydrogens is 372 g/mol. The molecule has 3 heterocycles. The number of aromatic nitrogens is 2. The van der Waals surface area contributed by atoms with Crippen LogP contribution in [-0.4, -0.2) is 52.1 Å². The molecule has 11 heteroatoms. The molecule has 1 unspecified atom stereocenters. The number of amides is 4. The Morgan fingerprint density at radius 3 is 2.67 bits per heavy atom. The molecule has 4 amide bonds. The van der Waals surface area contributed by atoms with Gasteiger partial charge in [-0.15, -0.1) is 11.3 Å². The van der Waals surface area contributed by atoms with Gasteiger partial charge in [0.2, 0.25) is 0 Å². The second-order valence-electron chi connectivity index (χ2n) is 5.92. The van der Waals surface area contributed by atoms with Crippen molar-refractivity contribution in [3.05, 3.63) is 30.4 Å². The van der Waals surface area contributed by atoms with Crippen LogP contribution in [0.4, 0.5) is 14.6 Å². The summed E-state index contributed by atoms with van der Waals surface area (Å²) in [7, 11) is 0. The number of piperidine rings is 1. The Labute approximate surface area is 158 Å². The van der Waals surface area contributed by atoms with Crippen LogP contribution >= 0.6 is 11.3 Å². The van der Waals surface area contributed by atoms with Crippen LogP contribution in [0.3, 0.4) is 0 Å². The standard InChI is InChI=1S/C16H18N6O4S/c17-15(24)21-13-11(4-12(27-13)9-5-19-8-20-6-9)14(23)26-10-2-1-3-22(7-10)16(18)25/h4-6,8,10H,1-3,7H2,(H2,18,25)(H3,17,21,24). The minimum atomic E-state index is -0.792. The number of esters is 1. The lowest BCUT2D eigenvalue weighted by Gasteiger charge is -2.31. The van der Waals surface area contributed by atoms with E-state index in [-0.39, 0.29) is 17.1 Å². The highest BCUT2D eigenvalue weighted by Gasteiger charge is 2.27. The lowest BCUT2D eigenvalue weighted by atomic mass is 10.1. The predicted octanol–water partition coefficient (Wildman–Crippen LogP) is 1.40. The van der Waals surface area contributed by atoms with E-state index in [4.69, 9.17) is 16.2 Å². The van der Waals surface area contributed by atoms with E-state index in [1.165, 1.54) is 11.2 Å². The summed E-state index contributed by atoms with van der Waals surface area (Å²) in [5.41, 5.74) is 11.4. The molecule has 0 aromatic carbocycles. The number of anilines is 1. The molecule has 10 nitrogen and oxygen atoms in total. The highest BCUT2D eigenvalue weighted by atomic mass is 32.1. The van der Waals surface area contributed by atoms with Crippen LogP contribution in [0.25, 0.3) is 10.4 Å². The smallest absolute Gasteiger partial charge is 0.341 e. The number of primary amides is 2. The van der Waals surface area contributed by atoms with Crippen LogP contribution in [0.2, 0.25) is 0 Å². The Morgan fingerprint density at radius 2 is 2.00 bits per heavy atom. The van der Waals surface area contributed by atoms with Gasteiger partial charge in [0, 0.05) is 29.4 Å². The molecule has 27 heavy (non-hydrogen) atoms. The maximum atomic E-state index is 12.7. The minimum absolute atomic E-state index is 0.175. The fraction of sp³-hybridized carbons (Fsp3) is 0.312. The molecule has 0 aliphatic carbocycles.